The quantitative estimate of drug-likeness (QED) is 0.692. The molecule has 1 heterocycles. The largest absolute Gasteiger partial charge is 0.357 e. The molecule has 0 saturated carbocycles. The summed E-state index contributed by atoms with van der Waals surface area (Å²) in [5.41, 5.74) is 4.49. The van der Waals surface area contributed by atoms with Gasteiger partial charge in [0.2, 0.25) is 0 Å². The van der Waals surface area contributed by atoms with E-state index in [9.17, 15) is 9.59 Å². The van der Waals surface area contributed by atoms with Crippen LogP contribution in [-0.2, 0) is 5.41 Å². The summed E-state index contributed by atoms with van der Waals surface area (Å²) in [5.74, 6) is 0.0271. The molecule has 3 aromatic rings. The molecule has 0 spiro atoms. The van der Waals surface area contributed by atoms with E-state index in [4.69, 9.17) is 0 Å². The van der Waals surface area contributed by atoms with Gasteiger partial charge in [-0.1, -0.05) is 44.2 Å². The molecule has 1 aromatic heterocycles. The maximum atomic E-state index is 13.0. The number of ketones is 1. The number of hydrogen-bond donors (Lipinski definition) is 1. The van der Waals surface area contributed by atoms with Crippen molar-refractivity contribution in [3.05, 3.63) is 70.4 Å². The molecule has 0 bridgehead atoms. The van der Waals surface area contributed by atoms with Crippen LogP contribution in [0.2, 0.25) is 0 Å². The molecule has 0 saturated heterocycles. The van der Waals surface area contributed by atoms with Crippen molar-refractivity contribution in [2.24, 2.45) is 0 Å². The number of carbonyl (C=O) groups is 2. The Morgan fingerprint density at radius 2 is 1.86 bits per heavy atom. The SMILES string of the molecule is CC1(C)c2cc(C=O)ccc2C(=O)c2c1[nH]c1ccccc21. The van der Waals surface area contributed by atoms with Gasteiger partial charge in [0.25, 0.3) is 0 Å². The molecule has 0 unspecified atom stereocenters. The fourth-order valence-corrected chi connectivity index (χ4v) is 3.47. The Hall–Kier alpha value is -2.68. The number of benzene rings is 2. The Kier molecular flexibility index (Phi) is 2.46. The van der Waals surface area contributed by atoms with Gasteiger partial charge in [0.1, 0.15) is 6.29 Å². The topological polar surface area (TPSA) is 49.9 Å². The second kappa shape index (κ2) is 4.17. The van der Waals surface area contributed by atoms with Crippen molar-refractivity contribution in [3.8, 4) is 0 Å². The van der Waals surface area contributed by atoms with Crippen LogP contribution in [0, 0.1) is 0 Å². The van der Waals surface area contributed by atoms with E-state index < -0.39 is 0 Å². The number of H-pyrrole nitrogens is 1. The first-order valence-electron chi connectivity index (χ1n) is 7.29. The molecule has 3 heteroatoms. The van der Waals surface area contributed by atoms with Gasteiger partial charge in [-0.15, -0.1) is 0 Å². The highest BCUT2D eigenvalue weighted by atomic mass is 16.1. The molecule has 0 aliphatic heterocycles. The van der Waals surface area contributed by atoms with Crippen molar-refractivity contribution in [3.63, 3.8) is 0 Å². The average molecular weight is 289 g/mol. The number of aromatic nitrogens is 1. The third-order valence-corrected chi connectivity index (χ3v) is 4.66. The van der Waals surface area contributed by atoms with Gasteiger partial charge in [0.05, 0.1) is 5.56 Å². The number of nitrogens with one attached hydrogen (secondary N) is 1. The molecule has 4 rings (SSSR count). The minimum Gasteiger partial charge on any atom is -0.357 e. The number of rotatable bonds is 1. The van der Waals surface area contributed by atoms with Crippen LogP contribution in [0.1, 0.15) is 51.4 Å². The van der Waals surface area contributed by atoms with E-state index in [1.54, 1.807) is 12.1 Å². The van der Waals surface area contributed by atoms with Crippen LogP contribution in [0.25, 0.3) is 10.9 Å². The highest BCUT2D eigenvalue weighted by molar-refractivity contribution is 6.20. The van der Waals surface area contributed by atoms with Crippen molar-refractivity contribution in [2.45, 2.75) is 19.3 Å². The molecule has 108 valence electrons. The van der Waals surface area contributed by atoms with Gasteiger partial charge in [-0.05, 0) is 17.7 Å². The summed E-state index contributed by atoms with van der Waals surface area (Å²) in [7, 11) is 0. The van der Waals surface area contributed by atoms with Gasteiger partial charge in [-0.3, -0.25) is 9.59 Å². The van der Waals surface area contributed by atoms with Crippen LogP contribution in [-0.4, -0.2) is 17.1 Å². The van der Waals surface area contributed by atoms with Crippen LogP contribution in [0.4, 0.5) is 0 Å². The first-order valence-corrected chi connectivity index (χ1v) is 7.29. The number of aldehydes is 1. The number of aromatic amines is 1. The second-order valence-electron chi connectivity index (χ2n) is 6.30. The summed E-state index contributed by atoms with van der Waals surface area (Å²) < 4.78 is 0. The lowest BCUT2D eigenvalue weighted by Gasteiger charge is -2.32. The molecular weight excluding hydrogens is 274 g/mol. The fraction of sp³-hybridized carbons (Fsp3) is 0.158. The molecule has 1 N–H and O–H groups in total. The summed E-state index contributed by atoms with van der Waals surface area (Å²) in [5, 5.41) is 0.959. The predicted octanol–water partition coefficient (Wildman–Crippen LogP) is 3.85. The summed E-state index contributed by atoms with van der Waals surface area (Å²) in [6, 6.07) is 13.2. The van der Waals surface area contributed by atoms with Crippen molar-refractivity contribution in [2.75, 3.05) is 0 Å². The maximum absolute atomic E-state index is 13.0. The third-order valence-electron chi connectivity index (χ3n) is 4.66. The summed E-state index contributed by atoms with van der Waals surface area (Å²) in [4.78, 5) is 27.4. The lowest BCUT2D eigenvalue weighted by atomic mass is 9.71. The number of carbonyl (C=O) groups excluding carboxylic acids is 2. The van der Waals surface area contributed by atoms with Crippen LogP contribution in [0.15, 0.2) is 42.5 Å². The number of hydrogen-bond acceptors (Lipinski definition) is 2. The van der Waals surface area contributed by atoms with Gasteiger partial charge in [-0.25, -0.2) is 0 Å². The van der Waals surface area contributed by atoms with Crippen molar-refractivity contribution >= 4 is 23.0 Å². The minimum absolute atomic E-state index is 0.0271. The smallest absolute Gasteiger partial charge is 0.195 e. The standard InChI is InChI=1S/C19H15NO2/c1-19(2)14-9-11(10-21)7-8-12(14)17(22)16-13-5-3-4-6-15(13)20-18(16)19/h3-10,20H,1-2H3. The first-order chi connectivity index (χ1) is 10.5. The molecule has 3 nitrogen and oxygen atoms in total. The Balaban J connectivity index is 2.11. The van der Waals surface area contributed by atoms with Crippen LogP contribution in [0.3, 0.4) is 0 Å². The molecule has 1 aliphatic rings. The van der Waals surface area contributed by atoms with Crippen LogP contribution >= 0.6 is 0 Å². The zero-order valence-electron chi connectivity index (χ0n) is 12.4. The normalized spacial score (nSPS) is 15.5. The second-order valence-corrected chi connectivity index (χ2v) is 6.30. The van der Waals surface area contributed by atoms with Crippen LogP contribution < -0.4 is 0 Å². The van der Waals surface area contributed by atoms with Crippen molar-refractivity contribution in [1.82, 2.24) is 4.98 Å². The van der Waals surface area contributed by atoms with Crippen molar-refractivity contribution in [1.29, 1.82) is 0 Å². The minimum atomic E-state index is -0.351. The Bertz CT molecular complexity index is 947. The highest BCUT2D eigenvalue weighted by Gasteiger charge is 2.39. The molecule has 0 atom stereocenters. The Morgan fingerprint density at radius 3 is 2.64 bits per heavy atom. The zero-order chi connectivity index (χ0) is 15.5. The molecule has 22 heavy (non-hydrogen) atoms. The van der Waals surface area contributed by atoms with Crippen LogP contribution in [0.5, 0.6) is 0 Å². The number of para-hydroxylation sites is 1. The third kappa shape index (κ3) is 1.51. The monoisotopic (exact) mass is 289 g/mol. The Labute approximate surface area is 128 Å². The summed E-state index contributed by atoms with van der Waals surface area (Å²) >= 11 is 0. The molecule has 0 fully saturated rings. The van der Waals surface area contributed by atoms with E-state index in [2.05, 4.69) is 18.8 Å². The van der Waals surface area contributed by atoms with Gasteiger partial charge in [-0.2, -0.15) is 0 Å². The van der Waals surface area contributed by atoms with Gasteiger partial charge >= 0.3 is 0 Å². The predicted molar refractivity (Wildman–Crippen MR) is 85.7 cm³/mol. The first kappa shape index (κ1) is 13.0. The van der Waals surface area contributed by atoms with E-state index in [-0.39, 0.29) is 11.2 Å². The zero-order valence-corrected chi connectivity index (χ0v) is 12.4. The lowest BCUT2D eigenvalue weighted by Crippen LogP contribution is -2.30. The molecule has 0 amide bonds. The van der Waals surface area contributed by atoms with Gasteiger partial charge < -0.3 is 4.98 Å². The summed E-state index contributed by atoms with van der Waals surface area (Å²) in [6.45, 7) is 4.17. The van der Waals surface area contributed by atoms with E-state index in [0.29, 0.717) is 11.1 Å². The maximum Gasteiger partial charge on any atom is 0.195 e. The lowest BCUT2D eigenvalue weighted by molar-refractivity contribution is 0.103. The average Bonchev–Trinajstić information content (AvgIpc) is 2.93. The molecule has 2 aromatic carbocycles. The van der Waals surface area contributed by atoms with Gasteiger partial charge in [0, 0.05) is 33.1 Å². The molecule has 1 aliphatic carbocycles. The van der Waals surface area contributed by atoms with Crippen molar-refractivity contribution < 1.29 is 9.59 Å². The van der Waals surface area contributed by atoms with E-state index in [1.807, 2.05) is 30.3 Å². The summed E-state index contributed by atoms with van der Waals surface area (Å²) in [6.07, 6.45) is 0.821. The number of fused-ring (bicyclic) bond motifs is 4. The molecule has 0 radical (unpaired) electrons. The highest BCUT2D eigenvalue weighted by Crippen LogP contribution is 2.43. The Morgan fingerprint density at radius 1 is 1.09 bits per heavy atom. The van der Waals surface area contributed by atoms with E-state index in [0.717, 1.165) is 34.0 Å². The van der Waals surface area contributed by atoms with E-state index in [1.165, 1.54) is 0 Å². The van der Waals surface area contributed by atoms with Gasteiger partial charge in [0.15, 0.2) is 5.78 Å². The fourth-order valence-electron chi connectivity index (χ4n) is 3.47. The van der Waals surface area contributed by atoms with E-state index >= 15 is 0 Å². The molecular formula is C19H15NO2.